The van der Waals surface area contributed by atoms with Gasteiger partial charge < -0.3 is 11.1 Å². The standard InChI is InChI=1S/C16H7ClF6N6O2S/c17-8-4-6(15(18,19)20)3-7-10(8)29-12(27-14(7,1-2-24)13(26)30)11(9(5-25)28-29)32(31)16(21,22)23/h3-4,27H,1H2,(H2,26,30). The molecule has 2 aromatic rings. The molecule has 168 valence electrons. The van der Waals surface area contributed by atoms with E-state index < -0.39 is 78.6 Å². The number of hydrogen-bond donors (Lipinski definition) is 2. The Morgan fingerprint density at radius 3 is 2.38 bits per heavy atom. The number of benzene rings is 1. The molecule has 0 radical (unpaired) electrons. The minimum Gasteiger partial charge on any atom is -0.367 e. The molecule has 16 heteroatoms. The Hall–Kier alpha value is -3.30. The summed E-state index contributed by atoms with van der Waals surface area (Å²) >= 11 is 5.98. The summed E-state index contributed by atoms with van der Waals surface area (Å²) in [6.45, 7) is 0. The highest BCUT2D eigenvalue weighted by atomic mass is 35.5. The molecule has 0 aliphatic carbocycles. The number of fused-ring (bicyclic) bond motifs is 3. The average Bonchev–Trinajstić information content (AvgIpc) is 3.03. The van der Waals surface area contributed by atoms with E-state index in [9.17, 15) is 45.9 Å². The van der Waals surface area contributed by atoms with Crippen molar-refractivity contribution in [2.75, 3.05) is 5.32 Å². The first-order chi connectivity index (χ1) is 14.7. The van der Waals surface area contributed by atoms with E-state index in [1.54, 1.807) is 0 Å². The Morgan fingerprint density at radius 2 is 1.91 bits per heavy atom. The molecule has 0 saturated carbocycles. The highest BCUT2D eigenvalue weighted by molar-refractivity contribution is 7.86. The lowest BCUT2D eigenvalue weighted by Gasteiger charge is -2.37. The van der Waals surface area contributed by atoms with Crippen LogP contribution in [0.4, 0.5) is 32.2 Å². The largest absolute Gasteiger partial charge is 0.476 e. The number of halogens is 7. The predicted octanol–water partition coefficient (Wildman–Crippen LogP) is 3.06. The van der Waals surface area contributed by atoms with E-state index >= 15 is 0 Å². The zero-order valence-corrected chi connectivity index (χ0v) is 16.7. The van der Waals surface area contributed by atoms with Crippen LogP contribution < -0.4 is 11.1 Å². The summed E-state index contributed by atoms with van der Waals surface area (Å²) in [5.74, 6) is -2.27. The molecule has 0 fully saturated rings. The number of nitrogens with one attached hydrogen (secondary N) is 1. The minimum absolute atomic E-state index is 0.418. The van der Waals surface area contributed by atoms with Crippen molar-refractivity contribution in [3.8, 4) is 17.8 Å². The van der Waals surface area contributed by atoms with Crippen molar-refractivity contribution in [1.29, 1.82) is 10.5 Å². The van der Waals surface area contributed by atoms with Crippen molar-refractivity contribution in [2.45, 2.75) is 28.5 Å². The summed E-state index contributed by atoms with van der Waals surface area (Å²) in [4.78, 5) is 11.2. The number of amides is 1. The smallest absolute Gasteiger partial charge is 0.367 e. The van der Waals surface area contributed by atoms with Crippen LogP contribution in [0, 0.1) is 22.7 Å². The molecular weight excluding hydrogens is 490 g/mol. The Morgan fingerprint density at radius 1 is 1.28 bits per heavy atom. The Balaban J connectivity index is 2.50. The van der Waals surface area contributed by atoms with Gasteiger partial charge >= 0.3 is 11.7 Å². The van der Waals surface area contributed by atoms with Gasteiger partial charge in [0.05, 0.1) is 28.8 Å². The average molecular weight is 497 g/mol. The fraction of sp³-hybridized carbons (Fsp3) is 0.250. The van der Waals surface area contributed by atoms with Crippen LogP contribution in [0.2, 0.25) is 5.02 Å². The molecule has 1 aromatic heterocycles. The number of alkyl halides is 6. The predicted molar refractivity (Wildman–Crippen MR) is 95.5 cm³/mol. The molecule has 3 N–H and O–H groups in total. The first kappa shape index (κ1) is 23.4. The molecule has 2 unspecified atom stereocenters. The van der Waals surface area contributed by atoms with E-state index in [4.69, 9.17) is 17.3 Å². The van der Waals surface area contributed by atoms with Gasteiger partial charge in [0, 0.05) is 5.56 Å². The van der Waals surface area contributed by atoms with Gasteiger partial charge in [-0.25, -0.2) is 8.89 Å². The van der Waals surface area contributed by atoms with Crippen LogP contribution in [0.3, 0.4) is 0 Å². The van der Waals surface area contributed by atoms with Gasteiger partial charge in [-0.2, -0.15) is 42.0 Å². The lowest BCUT2D eigenvalue weighted by Crippen LogP contribution is -2.51. The topological polar surface area (TPSA) is 138 Å². The number of nitrogens with two attached hydrogens (primary N) is 1. The van der Waals surface area contributed by atoms with Gasteiger partial charge in [-0.05, 0) is 12.1 Å². The molecule has 0 saturated heterocycles. The number of primary amides is 1. The summed E-state index contributed by atoms with van der Waals surface area (Å²) in [6, 6.07) is 3.70. The third-order valence-electron chi connectivity index (χ3n) is 4.50. The lowest BCUT2D eigenvalue weighted by atomic mass is 9.82. The second kappa shape index (κ2) is 7.39. The van der Waals surface area contributed by atoms with Gasteiger partial charge in [-0.3, -0.25) is 4.79 Å². The normalized spacial score (nSPS) is 18.5. The van der Waals surface area contributed by atoms with Crippen molar-refractivity contribution in [2.24, 2.45) is 5.73 Å². The first-order valence-electron chi connectivity index (χ1n) is 8.07. The zero-order valence-electron chi connectivity index (χ0n) is 15.1. The molecule has 1 aromatic carbocycles. The van der Waals surface area contributed by atoms with Gasteiger partial charge in [-0.1, -0.05) is 11.6 Å². The van der Waals surface area contributed by atoms with Crippen molar-refractivity contribution in [1.82, 2.24) is 9.78 Å². The monoisotopic (exact) mass is 496 g/mol. The van der Waals surface area contributed by atoms with Crippen LogP contribution in [0.5, 0.6) is 0 Å². The second-order valence-corrected chi connectivity index (χ2v) is 8.16. The molecule has 1 amide bonds. The Bertz CT molecular complexity index is 1260. The van der Waals surface area contributed by atoms with Crippen LogP contribution in [-0.4, -0.2) is 25.4 Å². The first-order valence-corrected chi connectivity index (χ1v) is 9.60. The number of aromatic nitrogens is 2. The van der Waals surface area contributed by atoms with Gasteiger partial charge in [0.1, 0.15) is 16.8 Å². The highest BCUT2D eigenvalue weighted by Gasteiger charge is 2.51. The number of anilines is 1. The molecule has 0 bridgehead atoms. The van der Waals surface area contributed by atoms with Crippen LogP contribution in [0.25, 0.3) is 5.69 Å². The van der Waals surface area contributed by atoms with Crippen LogP contribution in [0.1, 0.15) is 23.2 Å². The van der Waals surface area contributed by atoms with E-state index in [-0.39, 0.29) is 0 Å². The quantitative estimate of drug-likeness (QED) is 0.626. The molecule has 0 spiro atoms. The minimum atomic E-state index is -5.37. The van der Waals surface area contributed by atoms with E-state index in [0.717, 1.165) is 0 Å². The number of carbonyl (C=O) groups is 1. The van der Waals surface area contributed by atoms with E-state index in [1.807, 2.05) is 0 Å². The van der Waals surface area contributed by atoms with Gasteiger partial charge in [0.2, 0.25) is 5.91 Å². The molecular formula is C16H7ClF6N6O2S. The van der Waals surface area contributed by atoms with Crippen molar-refractivity contribution in [3.63, 3.8) is 0 Å². The van der Waals surface area contributed by atoms with Crippen LogP contribution in [-0.2, 0) is 27.3 Å². The third-order valence-corrected chi connectivity index (χ3v) is 5.97. The fourth-order valence-electron chi connectivity index (χ4n) is 3.15. The third kappa shape index (κ3) is 3.43. The Labute approximate surface area is 181 Å². The number of nitrogens with zero attached hydrogens (tertiary/aromatic N) is 4. The molecule has 32 heavy (non-hydrogen) atoms. The van der Waals surface area contributed by atoms with E-state index in [2.05, 4.69) is 10.4 Å². The van der Waals surface area contributed by atoms with Crippen molar-refractivity contribution >= 4 is 34.1 Å². The van der Waals surface area contributed by atoms with E-state index in [0.29, 0.717) is 16.8 Å². The number of carbonyl (C=O) groups excluding carboxylic acids is 1. The molecule has 1 aliphatic rings. The number of hydrogen-bond acceptors (Lipinski definition) is 6. The molecule has 2 heterocycles. The van der Waals surface area contributed by atoms with Crippen molar-refractivity contribution in [3.05, 3.63) is 34.0 Å². The molecule has 1 aliphatic heterocycles. The van der Waals surface area contributed by atoms with Gasteiger partial charge in [0.15, 0.2) is 22.0 Å². The van der Waals surface area contributed by atoms with Gasteiger partial charge in [-0.15, -0.1) is 0 Å². The van der Waals surface area contributed by atoms with Crippen molar-refractivity contribution < 1.29 is 35.3 Å². The summed E-state index contributed by atoms with van der Waals surface area (Å²) in [7, 11) is -3.85. The molecule has 8 nitrogen and oxygen atoms in total. The maximum absolute atomic E-state index is 13.3. The number of nitriles is 2. The molecule has 2 atom stereocenters. The molecule has 3 rings (SSSR count). The van der Waals surface area contributed by atoms with Gasteiger partial charge in [0.25, 0.3) is 0 Å². The van der Waals surface area contributed by atoms with E-state index in [1.165, 1.54) is 12.1 Å². The van der Waals surface area contributed by atoms with Crippen LogP contribution >= 0.6 is 11.6 Å². The maximum Gasteiger partial charge on any atom is 0.476 e. The lowest BCUT2D eigenvalue weighted by molar-refractivity contribution is -0.137. The SMILES string of the molecule is N#CCC1(C(N)=O)Nc2c(S(=O)C(F)(F)F)c(C#N)nn2-c2c(Cl)cc(C(F)(F)F)cc21. The summed E-state index contributed by atoms with van der Waals surface area (Å²) in [5.41, 5.74) is -6.03. The second-order valence-electron chi connectivity index (χ2n) is 6.35. The summed E-state index contributed by atoms with van der Waals surface area (Å²) < 4.78 is 92.2. The highest BCUT2D eigenvalue weighted by Crippen LogP contribution is 2.48. The Kier molecular flexibility index (Phi) is 5.39. The maximum atomic E-state index is 13.3. The summed E-state index contributed by atoms with van der Waals surface area (Å²) in [5, 5.41) is 23.4. The number of rotatable bonds is 3. The zero-order chi connectivity index (χ0) is 24.2. The summed E-state index contributed by atoms with van der Waals surface area (Å²) in [6.07, 6.45) is -5.90. The fourth-order valence-corrected chi connectivity index (χ4v) is 4.26. The van der Waals surface area contributed by atoms with Crippen LogP contribution in [0.15, 0.2) is 17.0 Å².